The van der Waals surface area contributed by atoms with Gasteiger partial charge in [-0.3, -0.25) is 4.79 Å². The summed E-state index contributed by atoms with van der Waals surface area (Å²) in [6.07, 6.45) is 0. The first kappa shape index (κ1) is 14.6. The van der Waals surface area contributed by atoms with Crippen LogP contribution >= 0.6 is 11.8 Å². The summed E-state index contributed by atoms with van der Waals surface area (Å²) in [6, 6.07) is 17.0. The lowest BCUT2D eigenvalue weighted by molar-refractivity contribution is 0.108. The predicted octanol–water partition coefficient (Wildman–Crippen LogP) is 3.74. The van der Waals surface area contributed by atoms with E-state index in [0.717, 1.165) is 23.1 Å². The van der Waals surface area contributed by atoms with Gasteiger partial charge in [-0.25, -0.2) is 0 Å². The predicted molar refractivity (Wildman–Crippen MR) is 81.0 cm³/mol. The van der Waals surface area contributed by atoms with Gasteiger partial charge in [-0.05, 0) is 29.8 Å². The Labute approximate surface area is 122 Å². The molecule has 2 rings (SSSR count). The quantitative estimate of drug-likeness (QED) is 0.599. The van der Waals surface area contributed by atoms with Crippen molar-refractivity contribution < 1.29 is 14.3 Å². The number of carbonyl (C=O) groups excluding carboxylic acids is 1. The van der Waals surface area contributed by atoms with Gasteiger partial charge in [-0.1, -0.05) is 42.1 Å². The smallest absolute Gasteiger partial charge is 0.221 e. The molecule has 0 amide bonds. The van der Waals surface area contributed by atoms with Crippen LogP contribution in [0.4, 0.5) is 0 Å². The normalized spacial score (nSPS) is 10.2. The molecular formula is C16H16O3S. The third kappa shape index (κ3) is 4.40. The van der Waals surface area contributed by atoms with E-state index in [1.165, 1.54) is 0 Å². The van der Waals surface area contributed by atoms with Gasteiger partial charge in [0.2, 0.25) is 5.12 Å². The second-order valence-corrected chi connectivity index (χ2v) is 5.01. The second kappa shape index (κ2) is 7.72. The number of hydrogen-bond acceptors (Lipinski definition) is 4. The van der Waals surface area contributed by atoms with Crippen molar-refractivity contribution in [2.75, 3.05) is 13.0 Å². The number of ether oxygens (including phenoxy) is 2. The number of hydrogen-bond donors (Lipinski definition) is 0. The molecule has 0 bridgehead atoms. The number of methoxy groups -OCH3 is 1. The van der Waals surface area contributed by atoms with E-state index in [-0.39, 0.29) is 5.12 Å². The van der Waals surface area contributed by atoms with Crippen LogP contribution in [-0.2, 0) is 11.3 Å². The van der Waals surface area contributed by atoms with Crippen LogP contribution in [0.25, 0.3) is 0 Å². The van der Waals surface area contributed by atoms with Crippen molar-refractivity contribution in [1.29, 1.82) is 0 Å². The molecule has 20 heavy (non-hydrogen) atoms. The summed E-state index contributed by atoms with van der Waals surface area (Å²) in [4.78, 5) is 11.9. The molecule has 0 aliphatic carbocycles. The summed E-state index contributed by atoms with van der Waals surface area (Å²) in [6.45, 7) is 0.518. The van der Waals surface area contributed by atoms with Gasteiger partial charge in [-0.15, -0.1) is 0 Å². The Hall–Kier alpha value is -1.78. The van der Waals surface area contributed by atoms with Crippen LogP contribution < -0.4 is 4.74 Å². The largest absolute Gasteiger partial charge is 0.497 e. The second-order valence-electron chi connectivity index (χ2n) is 4.11. The maximum atomic E-state index is 11.9. The van der Waals surface area contributed by atoms with Crippen molar-refractivity contribution >= 4 is 16.9 Å². The molecular weight excluding hydrogens is 272 g/mol. The highest BCUT2D eigenvalue weighted by molar-refractivity contribution is 8.14. The molecule has 0 atom stereocenters. The van der Waals surface area contributed by atoms with Gasteiger partial charge in [-0.2, -0.15) is 0 Å². The van der Waals surface area contributed by atoms with E-state index in [0.29, 0.717) is 18.1 Å². The van der Waals surface area contributed by atoms with E-state index < -0.39 is 0 Å². The minimum atomic E-state index is 0.000662. The van der Waals surface area contributed by atoms with Crippen LogP contribution in [0.3, 0.4) is 0 Å². The topological polar surface area (TPSA) is 35.5 Å². The third-order valence-corrected chi connectivity index (χ3v) is 3.49. The SMILES string of the molecule is COc1ccc(C(=O)SCOCc2ccccc2)cc1. The fraction of sp³-hybridized carbons (Fsp3) is 0.188. The van der Waals surface area contributed by atoms with E-state index in [1.807, 2.05) is 30.3 Å². The van der Waals surface area contributed by atoms with Gasteiger partial charge in [0.05, 0.1) is 13.7 Å². The molecule has 4 heteroatoms. The summed E-state index contributed by atoms with van der Waals surface area (Å²) >= 11 is 1.16. The Bertz CT molecular complexity index is 537. The maximum Gasteiger partial charge on any atom is 0.221 e. The van der Waals surface area contributed by atoms with Gasteiger partial charge in [0.25, 0.3) is 0 Å². The zero-order valence-corrected chi connectivity index (χ0v) is 12.1. The first-order valence-corrected chi connectivity index (χ1v) is 7.21. The van der Waals surface area contributed by atoms with Crippen molar-refractivity contribution in [2.24, 2.45) is 0 Å². The molecule has 0 fully saturated rings. The Morgan fingerprint density at radius 1 is 1.05 bits per heavy atom. The van der Waals surface area contributed by atoms with Crippen LogP contribution in [0.1, 0.15) is 15.9 Å². The summed E-state index contributed by atoms with van der Waals surface area (Å²) < 4.78 is 10.5. The van der Waals surface area contributed by atoms with Gasteiger partial charge in [0, 0.05) is 5.56 Å². The van der Waals surface area contributed by atoms with Crippen LogP contribution in [0.2, 0.25) is 0 Å². The zero-order chi connectivity index (χ0) is 14.2. The average Bonchev–Trinajstić information content (AvgIpc) is 2.52. The lowest BCUT2D eigenvalue weighted by Gasteiger charge is -2.04. The Kier molecular flexibility index (Phi) is 5.65. The molecule has 3 nitrogen and oxygen atoms in total. The van der Waals surface area contributed by atoms with Crippen molar-refractivity contribution in [1.82, 2.24) is 0 Å². The van der Waals surface area contributed by atoms with E-state index in [9.17, 15) is 4.79 Å². The van der Waals surface area contributed by atoms with Gasteiger partial charge in [0.15, 0.2) is 0 Å². The first-order valence-electron chi connectivity index (χ1n) is 6.22. The van der Waals surface area contributed by atoms with Gasteiger partial charge in [0.1, 0.15) is 11.7 Å². The fourth-order valence-corrected chi connectivity index (χ4v) is 2.22. The average molecular weight is 288 g/mol. The summed E-state index contributed by atoms with van der Waals surface area (Å²) in [5, 5.41) is 0.000662. The highest BCUT2D eigenvalue weighted by Gasteiger charge is 2.06. The standard InChI is InChI=1S/C16H16O3S/c1-18-15-9-7-14(8-10-15)16(17)20-12-19-11-13-5-3-2-4-6-13/h2-10H,11-12H2,1H3. The molecule has 2 aromatic rings. The van der Waals surface area contributed by atoms with Gasteiger partial charge >= 0.3 is 0 Å². The monoisotopic (exact) mass is 288 g/mol. The van der Waals surface area contributed by atoms with Crippen molar-refractivity contribution in [2.45, 2.75) is 6.61 Å². The minimum Gasteiger partial charge on any atom is -0.497 e. The number of thioether (sulfide) groups is 1. The highest BCUT2D eigenvalue weighted by atomic mass is 32.2. The first-order chi connectivity index (χ1) is 9.79. The van der Waals surface area contributed by atoms with Crippen LogP contribution in [0.5, 0.6) is 5.75 Å². The zero-order valence-electron chi connectivity index (χ0n) is 11.2. The van der Waals surface area contributed by atoms with Crippen molar-refractivity contribution in [3.8, 4) is 5.75 Å². The molecule has 0 spiro atoms. The molecule has 0 heterocycles. The molecule has 0 N–H and O–H groups in total. The lowest BCUT2D eigenvalue weighted by Crippen LogP contribution is -1.98. The number of carbonyl (C=O) groups is 1. The lowest BCUT2D eigenvalue weighted by atomic mass is 10.2. The molecule has 0 radical (unpaired) electrons. The highest BCUT2D eigenvalue weighted by Crippen LogP contribution is 2.17. The van der Waals surface area contributed by atoms with Gasteiger partial charge < -0.3 is 9.47 Å². The molecule has 104 valence electrons. The molecule has 2 aromatic carbocycles. The van der Waals surface area contributed by atoms with E-state index in [4.69, 9.17) is 9.47 Å². The molecule has 0 saturated heterocycles. The molecule has 0 saturated carbocycles. The molecule has 0 aliphatic rings. The van der Waals surface area contributed by atoms with Crippen LogP contribution in [-0.4, -0.2) is 18.2 Å². The van der Waals surface area contributed by atoms with Crippen LogP contribution in [0.15, 0.2) is 54.6 Å². The Morgan fingerprint density at radius 3 is 2.40 bits per heavy atom. The maximum absolute atomic E-state index is 11.9. The van der Waals surface area contributed by atoms with E-state index in [1.54, 1.807) is 31.4 Å². The molecule has 0 aliphatic heterocycles. The van der Waals surface area contributed by atoms with E-state index >= 15 is 0 Å². The molecule has 0 aromatic heterocycles. The minimum absolute atomic E-state index is 0.000662. The number of rotatable bonds is 6. The van der Waals surface area contributed by atoms with Crippen molar-refractivity contribution in [3.05, 3.63) is 65.7 Å². The summed E-state index contributed by atoms with van der Waals surface area (Å²) in [7, 11) is 1.60. The van der Waals surface area contributed by atoms with Crippen LogP contribution in [0, 0.1) is 0 Å². The molecule has 0 unspecified atom stereocenters. The summed E-state index contributed by atoms with van der Waals surface area (Å²) in [5.41, 5.74) is 1.75. The Balaban J connectivity index is 1.74. The van der Waals surface area contributed by atoms with E-state index in [2.05, 4.69) is 0 Å². The number of benzene rings is 2. The fourth-order valence-electron chi connectivity index (χ4n) is 1.64. The van der Waals surface area contributed by atoms with Crippen molar-refractivity contribution in [3.63, 3.8) is 0 Å². The Morgan fingerprint density at radius 2 is 1.75 bits per heavy atom. The summed E-state index contributed by atoms with van der Waals surface area (Å²) in [5.74, 6) is 1.09. The third-order valence-electron chi connectivity index (χ3n) is 2.71.